The Bertz CT molecular complexity index is 618. The summed E-state index contributed by atoms with van der Waals surface area (Å²) in [5.41, 5.74) is 9.52. The van der Waals surface area contributed by atoms with E-state index >= 15 is 0 Å². The van der Waals surface area contributed by atoms with Gasteiger partial charge in [0.1, 0.15) is 5.82 Å². The molecule has 1 saturated heterocycles. The molecule has 0 bridgehead atoms. The van der Waals surface area contributed by atoms with Crippen LogP contribution < -0.4 is 5.73 Å². The number of hydrogen-bond donors (Lipinski definition) is 1. The van der Waals surface area contributed by atoms with Crippen molar-refractivity contribution in [1.29, 1.82) is 0 Å². The van der Waals surface area contributed by atoms with Crippen LogP contribution in [0.15, 0.2) is 6.08 Å². The highest BCUT2D eigenvalue weighted by Gasteiger charge is 2.33. The fraction of sp³-hybridized carbons (Fsp3) is 0.706. The van der Waals surface area contributed by atoms with E-state index in [4.69, 9.17) is 5.73 Å². The first kappa shape index (κ1) is 17.3. The Morgan fingerprint density at radius 2 is 2.12 bits per heavy atom. The van der Waals surface area contributed by atoms with Gasteiger partial charge in [0.2, 0.25) is 0 Å². The summed E-state index contributed by atoms with van der Waals surface area (Å²) in [5.74, 6) is 0.839. The van der Waals surface area contributed by atoms with E-state index in [0.29, 0.717) is 18.9 Å². The molecule has 0 saturated carbocycles. The second-order valence-electron chi connectivity index (χ2n) is 6.90. The predicted molar refractivity (Wildman–Crippen MR) is 88.5 cm³/mol. The Kier molecular flexibility index (Phi) is 4.90. The van der Waals surface area contributed by atoms with E-state index in [1.54, 1.807) is 4.68 Å². The molecule has 4 nitrogen and oxygen atoms in total. The molecule has 1 aromatic heterocycles. The lowest BCUT2D eigenvalue weighted by Crippen LogP contribution is -2.26. The van der Waals surface area contributed by atoms with Crippen LogP contribution in [-0.2, 0) is 7.05 Å². The molecule has 2 heterocycles. The largest absolute Gasteiger partial charge is 0.390 e. The van der Waals surface area contributed by atoms with Crippen LogP contribution in [0, 0.1) is 0 Å². The zero-order valence-electron chi connectivity index (χ0n) is 14.1. The highest BCUT2D eigenvalue weighted by molar-refractivity contribution is 5.76. The van der Waals surface area contributed by atoms with E-state index < -0.39 is 12.6 Å². The fourth-order valence-corrected chi connectivity index (χ4v) is 3.78. The first-order valence-electron chi connectivity index (χ1n) is 8.66. The zero-order chi connectivity index (χ0) is 17.3. The molecule has 1 aromatic rings. The molecule has 0 aromatic carbocycles. The molecular formula is C17H25F3N4. The van der Waals surface area contributed by atoms with E-state index in [1.165, 1.54) is 12.0 Å². The molecular weight excluding hydrogens is 317 g/mol. The number of nitrogens with two attached hydrogens (primary N) is 1. The van der Waals surface area contributed by atoms with Gasteiger partial charge in [-0.2, -0.15) is 18.3 Å². The maximum absolute atomic E-state index is 12.4. The first-order valence-corrected chi connectivity index (χ1v) is 8.66. The van der Waals surface area contributed by atoms with E-state index in [-0.39, 0.29) is 12.5 Å². The van der Waals surface area contributed by atoms with Crippen LogP contribution in [0.5, 0.6) is 0 Å². The van der Waals surface area contributed by atoms with Crippen molar-refractivity contribution in [2.45, 2.75) is 50.6 Å². The molecule has 0 spiro atoms. The summed E-state index contributed by atoms with van der Waals surface area (Å²) in [4.78, 5) is 1.89. The van der Waals surface area contributed by atoms with Gasteiger partial charge in [-0.05, 0) is 44.2 Å². The molecule has 24 heavy (non-hydrogen) atoms. The fourth-order valence-electron chi connectivity index (χ4n) is 3.78. The Morgan fingerprint density at radius 1 is 1.33 bits per heavy atom. The molecule has 2 aliphatic rings. The molecule has 0 unspecified atom stereocenters. The van der Waals surface area contributed by atoms with Gasteiger partial charge in [-0.1, -0.05) is 6.08 Å². The van der Waals surface area contributed by atoms with Crippen LogP contribution in [0.3, 0.4) is 0 Å². The molecule has 7 heteroatoms. The van der Waals surface area contributed by atoms with E-state index in [0.717, 1.165) is 36.9 Å². The Morgan fingerprint density at radius 3 is 2.79 bits per heavy atom. The number of nitrogens with zero attached hydrogens (tertiary/aromatic N) is 3. The van der Waals surface area contributed by atoms with E-state index in [2.05, 4.69) is 11.2 Å². The maximum atomic E-state index is 12.4. The number of hydrogen-bond acceptors (Lipinski definition) is 3. The summed E-state index contributed by atoms with van der Waals surface area (Å²) in [5, 5.41) is 4.61. The van der Waals surface area contributed by atoms with Crippen molar-refractivity contribution in [3.63, 3.8) is 0 Å². The predicted octanol–water partition coefficient (Wildman–Crippen LogP) is 3.70. The molecule has 0 radical (unpaired) electrons. The van der Waals surface area contributed by atoms with Gasteiger partial charge in [0.25, 0.3) is 0 Å². The average molecular weight is 342 g/mol. The van der Waals surface area contributed by atoms with Crippen molar-refractivity contribution < 1.29 is 13.2 Å². The van der Waals surface area contributed by atoms with Crippen LogP contribution in [0.1, 0.15) is 55.7 Å². The summed E-state index contributed by atoms with van der Waals surface area (Å²) in [6.45, 7) is 1.39. The van der Waals surface area contributed by atoms with Gasteiger partial charge in [0, 0.05) is 31.6 Å². The second kappa shape index (κ2) is 6.78. The normalized spacial score (nSPS) is 22.8. The number of aryl methyl sites for hydroxylation is 1. The summed E-state index contributed by atoms with van der Waals surface area (Å²) >= 11 is 0. The van der Waals surface area contributed by atoms with Crippen molar-refractivity contribution in [2.24, 2.45) is 7.05 Å². The SMILES string of the molecule is Cn1nc([C@H]2CCN(CCC(F)(F)F)C2)c(C2=CCCCC2)c1N. The third-order valence-corrected chi connectivity index (χ3v) is 5.10. The summed E-state index contributed by atoms with van der Waals surface area (Å²) in [6.07, 6.45) is 2.67. The topological polar surface area (TPSA) is 47.1 Å². The molecule has 0 amide bonds. The summed E-state index contributed by atoms with van der Waals surface area (Å²) in [7, 11) is 1.84. The zero-order valence-corrected chi connectivity index (χ0v) is 14.1. The van der Waals surface area contributed by atoms with Gasteiger partial charge in [0.15, 0.2) is 0 Å². The minimum Gasteiger partial charge on any atom is -0.383 e. The molecule has 1 aliphatic carbocycles. The lowest BCUT2D eigenvalue weighted by molar-refractivity contribution is -0.137. The molecule has 1 fully saturated rings. The number of alkyl halides is 3. The molecule has 3 rings (SSSR count). The van der Waals surface area contributed by atoms with Gasteiger partial charge in [-0.15, -0.1) is 0 Å². The standard InChI is InChI=1S/C17H25F3N4/c1-23-16(21)14(12-5-3-2-4-6-12)15(22-23)13-7-9-24(11-13)10-8-17(18,19)20/h5,13H,2-4,6-11,21H2,1H3/t13-/m0/s1. The minimum atomic E-state index is -4.09. The van der Waals surface area contributed by atoms with Crippen molar-refractivity contribution in [2.75, 3.05) is 25.4 Å². The van der Waals surface area contributed by atoms with Crippen molar-refractivity contribution in [3.05, 3.63) is 17.3 Å². The number of nitrogen functional groups attached to an aromatic ring is 1. The first-order chi connectivity index (χ1) is 11.3. The highest BCUT2D eigenvalue weighted by atomic mass is 19.4. The van der Waals surface area contributed by atoms with Gasteiger partial charge in [0.05, 0.1) is 12.1 Å². The smallest absolute Gasteiger partial charge is 0.383 e. The maximum Gasteiger partial charge on any atom is 0.390 e. The minimum absolute atomic E-state index is 0.0698. The van der Waals surface area contributed by atoms with Crippen molar-refractivity contribution in [1.82, 2.24) is 14.7 Å². The molecule has 1 atom stereocenters. The lowest BCUT2D eigenvalue weighted by Gasteiger charge is -2.18. The van der Waals surface area contributed by atoms with Crippen LogP contribution >= 0.6 is 0 Å². The van der Waals surface area contributed by atoms with Gasteiger partial charge in [-0.25, -0.2) is 0 Å². The Hall–Kier alpha value is -1.50. The van der Waals surface area contributed by atoms with Gasteiger partial charge in [-0.3, -0.25) is 4.68 Å². The third-order valence-electron chi connectivity index (χ3n) is 5.10. The molecule has 2 N–H and O–H groups in total. The number of allylic oxidation sites excluding steroid dienone is 2. The average Bonchev–Trinajstić information content (AvgIpc) is 3.11. The van der Waals surface area contributed by atoms with Crippen molar-refractivity contribution >= 4 is 11.4 Å². The van der Waals surface area contributed by atoms with Crippen LogP contribution in [0.4, 0.5) is 19.0 Å². The quantitative estimate of drug-likeness (QED) is 0.907. The van der Waals surface area contributed by atoms with Crippen LogP contribution in [-0.4, -0.2) is 40.5 Å². The number of likely N-dealkylation sites (tertiary alicyclic amines) is 1. The van der Waals surface area contributed by atoms with Crippen molar-refractivity contribution in [3.8, 4) is 0 Å². The number of aromatic nitrogens is 2. The van der Waals surface area contributed by atoms with Crippen LogP contribution in [0.2, 0.25) is 0 Å². The molecule has 1 aliphatic heterocycles. The molecule has 134 valence electrons. The van der Waals surface area contributed by atoms with Gasteiger partial charge < -0.3 is 10.6 Å². The second-order valence-corrected chi connectivity index (χ2v) is 6.90. The van der Waals surface area contributed by atoms with Gasteiger partial charge >= 0.3 is 6.18 Å². The highest BCUT2D eigenvalue weighted by Crippen LogP contribution is 2.38. The summed E-state index contributed by atoms with van der Waals surface area (Å²) in [6, 6.07) is 0. The van der Waals surface area contributed by atoms with E-state index in [1.807, 2.05) is 11.9 Å². The summed E-state index contributed by atoms with van der Waals surface area (Å²) < 4.78 is 39.0. The number of halogens is 3. The number of anilines is 1. The Balaban J connectivity index is 1.76. The third kappa shape index (κ3) is 3.77. The number of rotatable bonds is 4. The monoisotopic (exact) mass is 342 g/mol. The van der Waals surface area contributed by atoms with Crippen LogP contribution in [0.25, 0.3) is 5.57 Å². The Labute approximate surface area is 140 Å². The lowest BCUT2D eigenvalue weighted by atomic mass is 9.89. The van der Waals surface area contributed by atoms with E-state index in [9.17, 15) is 13.2 Å².